The van der Waals surface area contributed by atoms with Crippen molar-refractivity contribution < 1.29 is 23.8 Å². The van der Waals surface area contributed by atoms with Gasteiger partial charge in [-0.1, -0.05) is 6.92 Å². The molecular formula is C14H16O5. The molecule has 1 aromatic rings. The molecule has 0 aliphatic carbocycles. The summed E-state index contributed by atoms with van der Waals surface area (Å²) in [6, 6.07) is 4.94. The third-order valence-corrected chi connectivity index (χ3v) is 2.81. The summed E-state index contributed by atoms with van der Waals surface area (Å²) in [6.07, 6.45) is -0.134. The summed E-state index contributed by atoms with van der Waals surface area (Å²) in [7, 11) is 0. The number of hydrogen-bond donors (Lipinski definition) is 0. The molecule has 0 N–H and O–H groups in total. The predicted molar refractivity (Wildman–Crippen MR) is 67.6 cm³/mol. The molecular weight excluding hydrogens is 248 g/mol. The minimum Gasteiger partial charge on any atom is -0.485 e. The van der Waals surface area contributed by atoms with E-state index >= 15 is 0 Å². The SMILES string of the molecule is CCOC(=O)C(CC)Oc1ccc2c(c1)OCC2=O. The van der Waals surface area contributed by atoms with Crippen molar-refractivity contribution >= 4 is 11.8 Å². The highest BCUT2D eigenvalue weighted by atomic mass is 16.6. The monoisotopic (exact) mass is 264 g/mol. The number of Topliss-reactive ketones (excluding diaryl/α,β-unsaturated/α-hetero) is 1. The van der Waals surface area contributed by atoms with E-state index in [2.05, 4.69) is 0 Å². The Morgan fingerprint density at radius 3 is 2.89 bits per heavy atom. The van der Waals surface area contributed by atoms with Gasteiger partial charge in [-0.2, -0.15) is 0 Å². The summed E-state index contributed by atoms with van der Waals surface area (Å²) in [6.45, 7) is 3.98. The second-order valence-electron chi connectivity index (χ2n) is 4.14. The van der Waals surface area contributed by atoms with Crippen LogP contribution in [-0.2, 0) is 9.53 Å². The first-order valence-corrected chi connectivity index (χ1v) is 6.29. The van der Waals surface area contributed by atoms with Crippen LogP contribution in [0.15, 0.2) is 18.2 Å². The molecule has 0 radical (unpaired) electrons. The molecule has 1 aliphatic rings. The molecule has 1 unspecified atom stereocenters. The molecule has 0 bridgehead atoms. The highest BCUT2D eigenvalue weighted by molar-refractivity contribution is 6.02. The van der Waals surface area contributed by atoms with Gasteiger partial charge >= 0.3 is 5.97 Å². The number of hydrogen-bond acceptors (Lipinski definition) is 5. The van der Waals surface area contributed by atoms with Crippen LogP contribution in [0.2, 0.25) is 0 Å². The van der Waals surface area contributed by atoms with Gasteiger partial charge in [-0.3, -0.25) is 4.79 Å². The summed E-state index contributed by atoms with van der Waals surface area (Å²) < 4.78 is 15.7. The van der Waals surface area contributed by atoms with E-state index in [9.17, 15) is 9.59 Å². The molecule has 2 rings (SSSR count). The third-order valence-electron chi connectivity index (χ3n) is 2.81. The Hall–Kier alpha value is -2.04. The van der Waals surface area contributed by atoms with Crippen molar-refractivity contribution in [2.45, 2.75) is 26.4 Å². The van der Waals surface area contributed by atoms with Crippen LogP contribution in [0.3, 0.4) is 0 Å². The number of esters is 1. The van der Waals surface area contributed by atoms with E-state index in [1.807, 2.05) is 6.92 Å². The lowest BCUT2D eigenvalue weighted by Gasteiger charge is -2.16. The molecule has 0 saturated carbocycles. The molecule has 1 aromatic carbocycles. The second-order valence-corrected chi connectivity index (χ2v) is 4.14. The Kier molecular flexibility index (Phi) is 4.04. The van der Waals surface area contributed by atoms with E-state index in [0.29, 0.717) is 30.1 Å². The molecule has 1 heterocycles. The predicted octanol–water partition coefficient (Wildman–Crippen LogP) is 1.98. The van der Waals surface area contributed by atoms with Gasteiger partial charge in [-0.15, -0.1) is 0 Å². The number of ketones is 1. The Labute approximate surface area is 111 Å². The van der Waals surface area contributed by atoms with Gasteiger partial charge in [0.25, 0.3) is 0 Å². The van der Waals surface area contributed by atoms with E-state index in [-0.39, 0.29) is 18.4 Å². The maximum Gasteiger partial charge on any atom is 0.347 e. The molecule has 0 fully saturated rings. The van der Waals surface area contributed by atoms with Gasteiger partial charge in [0.2, 0.25) is 5.78 Å². The van der Waals surface area contributed by atoms with E-state index in [1.165, 1.54) is 0 Å². The normalized spacial score (nSPS) is 14.5. The largest absolute Gasteiger partial charge is 0.485 e. The fraction of sp³-hybridized carbons (Fsp3) is 0.429. The quantitative estimate of drug-likeness (QED) is 0.761. The zero-order valence-electron chi connectivity index (χ0n) is 11.0. The van der Waals surface area contributed by atoms with Crippen molar-refractivity contribution in [1.82, 2.24) is 0 Å². The van der Waals surface area contributed by atoms with Crippen LogP contribution in [0.1, 0.15) is 30.6 Å². The van der Waals surface area contributed by atoms with Gasteiger partial charge in [0, 0.05) is 6.07 Å². The van der Waals surface area contributed by atoms with E-state index in [1.54, 1.807) is 25.1 Å². The molecule has 0 spiro atoms. The number of fused-ring (bicyclic) bond motifs is 1. The Morgan fingerprint density at radius 1 is 1.42 bits per heavy atom. The Bertz CT molecular complexity index is 495. The average molecular weight is 264 g/mol. The van der Waals surface area contributed by atoms with E-state index in [4.69, 9.17) is 14.2 Å². The van der Waals surface area contributed by atoms with Crippen molar-refractivity contribution in [1.29, 1.82) is 0 Å². The standard InChI is InChI=1S/C14H16O5/c1-3-12(14(16)17-4-2)19-9-5-6-10-11(15)8-18-13(10)7-9/h5-7,12H,3-4,8H2,1-2H3. The van der Waals surface area contributed by atoms with Crippen molar-refractivity contribution in [2.75, 3.05) is 13.2 Å². The molecule has 1 aliphatic heterocycles. The topological polar surface area (TPSA) is 61.8 Å². The van der Waals surface area contributed by atoms with E-state index < -0.39 is 6.10 Å². The van der Waals surface area contributed by atoms with Crippen molar-refractivity contribution in [2.24, 2.45) is 0 Å². The van der Waals surface area contributed by atoms with Gasteiger partial charge in [0.1, 0.15) is 11.5 Å². The molecule has 0 amide bonds. The van der Waals surface area contributed by atoms with Crippen LogP contribution in [0, 0.1) is 0 Å². The maximum atomic E-state index is 11.6. The zero-order valence-corrected chi connectivity index (χ0v) is 11.0. The second kappa shape index (κ2) is 5.73. The summed E-state index contributed by atoms with van der Waals surface area (Å²) in [5.41, 5.74) is 0.552. The molecule has 5 heteroatoms. The highest BCUT2D eigenvalue weighted by Gasteiger charge is 2.24. The van der Waals surface area contributed by atoms with E-state index in [0.717, 1.165) is 0 Å². The van der Waals surface area contributed by atoms with Crippen LogP contribution in [0.5, 0.6) is 11.5 Å². The highest BCUT2D eigenvalue weighted by Crippen LogP contribution is 2.30. The minimum atomic E-state index is -0.643. The molecule has 102 valence electrons. The first-order chi connectivity index (χ1) is 9.15. The van der Waals surface area contributed by atoms with Crippen LogP contribution in [0.4, 0.5) is 0 Å². The average Bonchev–Trinajstić information content (AvgIpc) is 2.77. The van der Waals surface area contributed by atoms with Crippen molar-refractivity contribution in [3.63, 3.8) is 0 Å². The summed E-state index contributed by atoms with van der Waals surface area (Å²) in [5, 5.41) is 0. The first kappa shape index (κ1) is 13.4. The maximum absolute atomic E-state index is 11.6. The number of ether oxygens (including phenoxy) is 3. The first-order valence-electron chi connectivity index (χ1n) is 6.29. The number of carbonyl (C=O) groups is 2. The number of rotatable bonds is 5. The molecule has 0 saturated heterocycles. The van der Waals surface area contributed by atoms with Crippen LogP contribution in [-0.4, -0.2) is 31.1 Å². The van der Waals surface area contributed by atoms with Gasteiger partial charge < -0.3 is 14.2 Å². The van der Waals surface area contributed by atoms with Crippen LogP contribution >= 0.6 is 0 Å². The van der Waals surface area contributed by atoms with Gasteiger partial charge in [0.05, 0.1) is 12.2 Å². The van der Waals surface area contributed by atoms with Gasteiger partial charge in [0.15, 0.2) is 12.7 Å². The summed E-state index contributed by atoms with van der Waals surface area (Å²) in [4.78, 5) is 23.0. The fourth-order valence-electron chi connectivity index (χ4n) is 1.84. The van der Waals surface area contributed by atoms with Crippen molar-refractivity contribution in [3.8, 4) is 11.5 Å². The van der Waals surface area contributed by atoms with Gasteiger partial charge in [-0.25, -0.2) is 4.79 Å². The Balaban J connectivity index is 2.10. The van der Waals surface area contributed by atoms with Crippen LogP contribution < -0.4 is 9.47 Å². The zero-order chi connectivity index (χ0) is 13.8. The molecule has 0 aromatic heterocycles. The Morgan fingerprint density at radius 2 is 2.21 bits per heavy atom. The fourth-order valence-corrected chi connectivity index (χ4v) is 1.84. The summed E-state index contributed by atoms with van der Waals surface area (Å²) >= 11 is 0. The molecule has 5 nitrogen and oxygen atoms in total. The van der Waals surface area contributed by atoms with Crippen LogP contribution in [0.25, 0.3) is 0 Å². The minimum absolute atomic E-state index is 0.0426. The number of benzene rings is 1. The lowest BCUT2D eigenvalue weighted by Crippen LogP contribution is -2.28. The molecule has 1 atom stereocenters. The lowest BCUT2D eigenvalue weighted by atomic mass is 10.1. The molecule has 19 heavy (non-hydrogen) atoms. The summed E-state index contributed by atoms with van der Waals surface area (Å²) in [5.74, 6) is 0.566. The van der Waals surface area contributed by atoms with Crippen molar-refractivity contribution in [3.05, 3.63) is 23.8 Å². The third kappa shape index (κ3) is 2.86. The smallest absolute Gasteiger partial charge is 0.347 e. The van der Waals surface area contributed by atoms with Gasteiger partial charge in [-0.05, 0) is 25.5 Å². The lowest BCUT2D eigenvalue weighted by molar-refractivity contribution is -0.151. The number of carbonyl (C=O) groups excluding carboxylic acids is 2.